The number of fused-ring (bicyclic) bond motifs is 1. The number of hydrogen-bond donors (Lipinski definition) is 1. The number of carboxylic acid groups (broad SMARTS) is 1. The van der Waals surface area contributed by atoms with E-state index in [1.165, 1.54) is 0 Å². The summed E-state index contributed by atoms with van der Waals surface area (Å²) >= 11 is 0. The molecule has 2 aliphatic carbocycles. The van der Waals surface area contributed by atoms with Crippen LogP contribution in [0.1, 0.15) is 38.5 Å². The van der Waals surface area contributed by atoms with E-state index in [0.717, 1.165) is 32.1 Å². The largest absolute Gasteiger partial charge is 0.481 e. The number of ether oxygens (including phenoxy) is 1. The van der Waals surface area contributed by atoms with E-state index in [-0.39, 0.29) is 24.0 Å². The Morgan fingerprint density at radius 3 is 2.58 bits per heavy atom. The predicted octanol–water partition coefficient (Wildman–Crippen LogP) is 1.27. The van der Waals surface area contributed by atoms with Gasteiger partial charge >= 0.3 is 5.97 Å². The molecule has 1 amide bonds. The summed E-state index contributed by atoms with van der Waals surface area (Å²) in [6.45, 7) is 1.22. The Morgan fingerprint density at radius 1 is 1.05 bits per heavy atom. The molecule has 5 nitrogen and oxygen atoms in total. The van der Waals surface area contributed by atoms with Crippen LogP contribution in [0.3, 0.4) is 0 Å². The monoisotopic (exact) mass is 267 g/mol. The molecule has 0 aromatic carbocycles. The van der Waals surface area contributed by atoms with Crippen LogP contribution in [0.5, 0.6) is 0 Å². The van der Waals surface area contributed by atoms with Crippen LogP contribution in [0.15, 0.2) is 0 Å². The molecule has 1 heterocycles. The first-order chi connectivity index (χ1) is 9.18. The van der Waals surface area contributed by atoms with Crippen molar-refractivity contribution in [2.45, 2.75) is 50.7 Å². The van der Waals surface area contributed by atoms with Crippen molar-refractivity contribution < 1.29 is 19.4 Å². The molecule has 4 atom stereocenters. The van der Waals surface area contributed by atoms with Gasteiger partial charge in [0, 0.05) is 6.54 Å². The van der Waals surface area contributed by atoms with Gasteiger partial charge in [-0.25, -0.2) is 0 Å². The van der Waals surface area contributed by atoms with Gasteiger partial charge in [0.1, 0.15) is 0 Å². The highest BCUT2D eigenvalue weighted by Gasteiger charge is 2.44. The van der Waals surface area contributed by atoms with Gasteiger partial charge < -0.3 is 14.7 Å². The lowest BCUT2D eigenvalue weighted by Gasteiger charge is -2.39. The molecule has 3 aliphatic rings. The van der Waals surface area contributed by atoms with Crippen molar-refractivity contribution in [3.05, 3.63) is 0 Å². The normalized spacial score (nSPS) is 38.2. The molecule has 106 valence electrons. The molecule has 3 rings (SSSR count). The fraction of sp³-hybridized carbons (Fsp3) is 0.857. The van der Waals surface area contributed by atoms with Crippen molar-refractivity contribution in [1.29, 1.82) is 0 Å². The number of carbonyl (C=O) groups is 2. The standard InChI is InChI=1S/C14H21NO4/c16-13(9-3-1-4-10(9)14(17)18)15-7-8-19-12-6-2-5-11(12)15/h9-12H,1-8H2,(H,17,18)/t9-,10+,11?,12?/m1/s1. The molecule has 0 spiro atoms. The molecular formula is C14H21NO4. The molecule has 5 heteroatoms. The lowest BCUT2D eigenvalue weighted by Crippen LogP contribution is -2.53. The van der Waals surface area contributed by atoms with Crippen molar-refractivity contribution in [3.63, 3.8) is 0 Å². The van der Waals surface area contributed by atoms with Crippen molar-refractivity contribution in [2.24, 2.45) is 11.8 Å². The van der Waals surface area contributed by atoms with E-state index in [1.807, 2.05) is 4.90 Å². The zero-order chi connectivity index (χ0) is 13.4. The van der Waals surface area contributed by atoms with Crippen LogP contribution < -0.4 is 0 Å². The molecule has 2 unspecified atom stereocenters. The first kappa shape index (κ1) is 12.9. The summed E-state index contributed by atoms with van der Waals surface area (Å²) in [4.78, 5) is 25.8. The number of aliphatic carboxylic acids is 1. The zero-order valence-corrected chi connectivity index (χ0v) is 11.1. The van der Waals surface area contributed by atoms with Crippen molar-refractivity contribution >= 4 is 11.9 Å². The van der Waals surface area contributed by atoms with Gasteiger partial charge in [-0.1, -0.05) is 6.42 Å². The lowest BCUT2D eigenvalue weighted by molar-refractivity contribution is -0.155. The third-order valence-electron chi connectivity index (χ3n) is 4.92. The minimum absolute atomic E-state index is 0.0603. The van der Waals surface area contributed by atoms with Crippen LogP contribution >= 0.6 is 0 Å². The number of carboxylic acids is 1. The summed E-state index contributed by atoms with van der Waals surface area (Å²) < 4.78 is 5.71. The fourth-order valence-electron chi connectivity index (χ4n) is 3.96. The van der Waals surface area contributed by atoms with Crippen LogP contribution in [0, 0.1) is 11.8 Å². The molecule has 0 radical (unpaired) electrons. The van der Waals surface area contributed by atoms with E-state index in [0.29, 0.717) is 19.6 Å². The van der Waals surface area contributed by atoms with E-state index in [4.69, 9.17) is 4.74 Å². The summed E-state index contributed by atoms with van der Waals surface area (Å²) in [6.07, 6.45) is 5.54. The lowest BCUT2D eigenvalue weighted by atomic mass is 9.93. The van der Waals surface area contributed by atoms with Gasteiger partial charge in [0.2, 0.25) is 5.91 Å². The van der Waals surface area contributed by atoms with E-state index < -0.39 is 11.9 Å². The Balaban J connectivity index is 1.74. The molecule has 3 fully saturated rings. The van der Waals surface area contributed by atoms with Gasteiger partial charge in [-0.3, -0.25) is 9.59 Å². The number of nitrogens with zero attached hydrogens (tertiary/aromatic N) is 1. The van der Waals surface area contributed by atoms with Gasteiger partial charge in [0.15, 0.2) is 0 Å². The van der Waals surface area contributed by atoms with Gasteiger partial charge in [-0.2, -0.15) is 0 Å². The fourth-order valence-corrected chi connectivity index (χ4v) is 3.96. The smallest absolute Gasteiger partial charge is 0.307 e. The quantitative estimate of drug-likeness (QED) is 0.818. The molecular weight excluding hydrogens is 246 g/mol. The SMILES string of the molecule is O=C(O)[C@H]1CCC[C@H]1C(=O)N1CCOC2CCCC21. The molecule has 0 aromatic heterocycles. The number of hydrogen-bond acceptors (Lipinski definition) is 3. The average Bonchev–Trinajstić information content (AvgIpc) is 3.05. The van der Waals surface area contributed by atoms with E-state index in [2.05, 4.69) is 0 Å². The van der Waals surface area contributed by atoms with Crippen LogP contribution in [0.4, 0.5) is 0 Å². The second-order valence-electron chi connectivity index (χ2n) is 5.92. The van der Waals surface area contributed by atoms with Gasteiger partial charge in [-0.05, 0) is 32.1 Å². The predicted molar refractivity (Wildman–Crippen MR) is 67.6 cm³/mol. The molecule has 0 aromatic rings. The van der Waals surface area contributed by atoms with Crippen LogP contribution in [-0.2, 0) is 14.3 Å². The average molecular weight is 267 g/mol. The Bertz CT molecular complexity index is 384. The maximum Gasteiger partial charge on any atom is 0.307 e. The maximum atomic E-state index is 12.7. The first-order valence-electron chi connectivity index (χ1n) is 7.33. The molecule has 19 heavy (non-hydrogen) atoms. The van der Waals surface area contributed by atoms with Crippen molar-refractivity contribution in [2.75, 3.05) is 13.2 Å². The second kappa shape index (κ2) is 5.12. The second-order valence-corrected chi connectivity index (χ2v) is 5.92. The van der Waals surface area contributed by atoms with Crippen molar-refractivity contribution in [1.82, 2.24) is 4.90 Å². The van der Waals surface area contributed by atoms with Gasteiger partial charge in [0.05, 0.1) is 30.6 Å². The van der Waals surface area contributed by atoms with Gasteiger partial charge in [-0.15, -0.1) is 0 Å². The van der Waals surface area contributed by atoms with E-state index in [9.17, 15) is 14.7 Å². The third kappa shape index (κ3) is 2.24. The number of amides is 1. The van der Waals surface area contributed by atoms with Crippen LogP contribution in [0.25, 0.3) is 0 Å². The third-order valence-corrected chi connectivity index (χ3v) is 4.92. The Kier molecular flexibility index (Phi) is 3.48. The summed E-state index contributed by atoms with van der Waals surface area (Å²) in [7, 11) is 0. The topological polar surface area (TPSA) is 66.8 Å². The summed E-state index contributed by atoms with van der Waals surface area (Å²) in [5.41, 5.74) is 0. The zero-order valence-electron chi connectivity index (χ0n) is 11.1. The maximum absolute atomic E-state index is 12.7. The molecule has 1 N–H and O–H groups in total. The number of morpholine rings is 1. The number of rotatable bonds is 2. The highest BCUT2D eigenvalue weighted by molar-refractivity contribution is 5.85. The summed E-state index contributed by atoms with van der Waals surface area (Å²) in [6, 6.07) is 0.191. The molecule has 0 bridgehead atoms. The van der Waals surface area contributed by atoms with E-state index >= 15 is 0 Å². The molecule has 2 saturated carbocycles. The Morgan fingerprint density at radius 2 is 1.79 bits per heavy atom. The number of carbonyl (C=O) groups excluding carboxylic acids is 1. The summed E-state index contributed by atoms with van der Waals surface area (Å²) in [5.74, 6) is -1.54. The van der Waals surface area contributed by atoms with Crippen molar-refractivity contribution in [3.8, 4) is 0 Å². The summed E-state index contributed by atoms with van der Waals surface area (Å²) in [5, 5.41) is 9.22. The Hall–Kier alpha value is -1.10. The van der Waals surface area contributed by atoms with Crippen LogP contribution in [0.2, 0.25) is 0 Å². The van der Waals surface area contributed by atoms with Crippen LogP contribution in [-0.4, -0.2) is 47.2 Å². The Labute approximate surface area is 112 Å². The first-order valence-corrected chi connectivity index (χ1v) is 7.33. The molecule has 1 aliphatic heterocycles. The minimum atomic E-state index is -0.813. The van der Waals surface area contributed by atoms with E-state index in [1.54, 1.807) is 0 Å². The minimum Gasteiger partial charge on any atom is -0.481 e. The highest BCUT2D eigenvalue weighted by atomic mass is 16.5. The molecule has 1 saturated heterocycles. The highest BCUT2D eigenvalue weighted by Crippen LogP contribution is 2.37. The van der Waals surface area contributed by atoms with Gasteiger partial charge in [0.25, 0.3) is 0 Å².